The van der Waals surface area contributed by atoms with Gasteiger partial charge < -0.3 is 19.4 Å². The van der Waals surface area contributed by atoms with Gasteiger partial charge in [0.15, 0.2) is 0 Å². The van der Waals surface area contributed by atoms with E-state index in [0.29, 0.717) is 19.5 Å². The monoisotopic (exact) mass is 308 g/mol. The summed E-state index contributed by atoms with van der Waals surface area (Å²) in [5, 5.41) is 2.93. The second-order valence-electron chi connectivity index (χ2n) is 5.96. The number of carbonyl (C=O) groups is 2. The van der Waals surface area contributed by atoms with Gasteiger partial charge in [-0.3, -0.25) is 4.79 Å². The molecule has 1 aromatic heterocycles. The summed E-state index contributed by atoms with van der Waals surface area (Å²) in [5.74, 6) is 1.34. The van der Waals surface area contributed by atoms with E-state index in [1.165, 1.54) is 7.11 Å². The minimum absolute atomic E-state index is 0.0908. The number of esters is 1. The van der Waals surface area contributed by atoms with Crippen molar-refractivity contribution in [1.29, 1.82) is 0 Å². The summed E-state index contributed by atoms with van der Waals surface area (Å²) in [7, 11) is 1.40. The highest BCUT2D eigenvalue weighted by molar-refractivity contribution is 5.76. The van der Waals surface area contributed by atoms with Crippen molar-refractivity contribution < 1.29 is 18.7 Å². The Balaban J connectivity index is 1.90. The molecule has 2 rings (SSSR count). The van der Waals surface area contributed by atoms with Crippen LogP contribution in [0.2, 0.25) is 0 Å². The minimum atomic E-state index is -0.188. The number of rotatable bonds is 3. The fourth-order valence-electron chi connectivity index (χ4n) is 2.87. The van der Waals surface area contributed by atoms with Crippen LogP contribution in [0.4, 0.5) is 4.79 Å². The van der Waals surface area contributed by atoms with E-state index in [-0.39, 0.29) is 29.9 Å². The Hall–Kier alpha value is -1.98. The van der Waals surface area contributed by atoms with Crippen LogP contribution in [0, 0.1) is 18.8 Å². The summed E-state index contributed by atoms with van der Waals surface area (Å²) >= 11 is 0. The molecule has 3 atom stereocenters. The molecule has 0 aromatic carbocycles. The Morgan fingerprint density at radius 1 is 1.45 bits per heavy atom. The second-order valence-corrected chi connectivity index (χ2v) is 5.96. The van der Waals surface area contributed by atoms with Gasteiger partial charge in [-0.15, -0.1) is 0 Å². The lowest BCUT2D eigenvalue weighted by Gasteiger charge is -2.35. The van der Waals surface area contributed by atoms with Crippen molar-refractivity contribution in [2.45, 2.75) is 33.2 Å². The predicted molar refractivity (Wildman–Crippen MR) is 81.3 cm³/mol. The van der Waals surface area contributed by atoms with Crippen molar-refractivity contribution in [2.75, 3.05) is 20.2 Å². The highest BCUT2D eigenvalue weighted by Crippen LogP contribution is 2.25. The molecule has 1 N–H and O–H groups in total. The molecule has 22 heavy (non-hydrogen) atoms. The molecule has 1 saturated heterocycles. The molecule has 0 saturated carbocycles. The van der Waals surface area contributed by atoms with Gasteiger partial charge in [-0.1, -0.05) is 6.92 Å². The van der Waals surface area contributed by atoms with Crippen LogP contribution in [0.25, 0.3) is 0 Å². The Kier molecular flexibility index (Phi) is 5.11. The average molecular weight is 308 g/mol. The second kappa shape index (κ2) is 6.85. The molecule has 1 fully saturated rings. The van der Waals surface area contributed by atoms with Crippen LogP contribution in [0.5, 0.6) is 0 Å². The van der Waals surface area contributed by atoms with Crippen molar-refractivity contribution in [1.82, 2.24) is 10.2 Å². The van der Waals surface area contributed by atoms with Gasteiger partial charge in [0.1, 0.15) is 11.5 Å². The Morgan fingerprint density at radius 3 is 2.73 bits per heavy atom. The summed E-state index contributed by atoms with van der Waals surface area (Å²) < 4.78 is 10.3. The van der Waals surface area contributed by atoms with Crippen molar-refractivity contribution in [3.8, 4) is 0 Å². The van der Waals surface area contributed by atoms with Gasteiger partial charge in [-0.25, -0.2) is 4.79 Å². The van der Waals surface area contributed by atoms with Crippen LogP contribution in [0.1, 0.15) is 37.8 Å². The molecule has 2 amide bonds. The molecule has 1 aliphatic rings. The number of methoxy groups -OCH3 is 1. The highest BCUT2D eigenvalue weighted by Gasteiger charge is 2.34. The third-order valence-corrected chi connectivity index (χ3v) is 4.22. The maximum Gasteiger partial charge on any atom is 0.317 e. The number of ether oxygens (including phenoxy) is 1. The summed E-state index contributed by atoms with van der Waals surface area (Å²) in [5.41, 5.74) is 0. The highest BCUT2D eigenvalue weighted by atomic mass is 16.5. The number of furan rings is 1. The molecule has 0 aliphatic carbocycles. The molecular weight excluding hydrogens is 284 g/mol. The first kappa shape index (κ1) is 16.4. The van der Waals surface area contributed by atoms with E-state index in [1.54, 1.807) is 4.90 Å². The van der Waals surface area contributed by atoms with E-state index in [1.807, 2.05) is 32.9 Å². The zero-order chi connectivity index (χ0) is 16.3. The van der Waals surface area contributed by atoms with E-state index >= 15 is 0 Å². The molecule has 2 heterocycles. The van der Waals surface area contributed by atoms with Gasteiger partial charge in [-0.05, 0) is 38.3 Å². The quantitative estimate of drug-likeness (QED) is 0.871. The first-order valence-electron chi connectivity index (χ1n) is 7.62. The summed E-state index contributed by atoms with van der Waals surface area (Å²) in [6.07, 6.45) is 0.634. The number of hydrogen-bond acceptors (Lipinski definition) is 4. The van der Waals surface area contributed by atoms with E-state index in [4.69, 9.17) is 9.15 Å². The van der Waals surface area contributed by atoms with Gasteiger partial charge in [0, 0.05) is 13.1 Å². The lowest BCUT2D eigenvalue weighted by Crippen LogP contribution is -2.49. The van der Waals surface area contributed by atoms with E-state index < -0.39 is 0 Å². The van der Waals surface area contributed by atoms with Crippen molar-refractivity contribution in [2.24, 2.45) is 11.8 Å². The Labute approximate surface area is 130 Å². The zero-order valence-corrected chi connectivity index (χ0v) is 13.6. The molecule has 6 heteroatoms. The maximum absolute atomic E-state index is 12.3. The molecule has 1 aromatic rings. The van der Waals surface area contributed by atoms with Crippen LogP contribution >= 0.6 is 0 Å². The van der Waals surface area contributed by atoms with E-state index in [9.17, 15) is 9.59 Å². The predicted octanol–water partition coefficient (Wildman–Crippen LogP) is 2.49. The molecule has 0 spiro atoms. The van der Waals surface area contributed by atoms with Crippen LogP contribution < -0.4 is 5.32 Å². The van der Waals surface area contributed by atoms with Gasteiger partial charge in [0.2, 0.25) is 0 Å². The van der Waals surface area contributed by atoms with Gasteiger partial charge >= 0.3 is 12.0 Å². The molecule has 0 radical (unpaired) electrons. The van der Waals surface area contributed by atoms with Crippen LogP contribution in [0.3, 0.4) is 0 Å². The minimum Gasteiger partial charge on any atom is -0.469 e. The van der Waals surface area contributed by atoms with Crippen LogP contribution in [0.15, 0.2) is 16.5 Å². The van der Waals surface area contributed by atoms with Gasteiger partial charge in [0.05, 0.1) is 19.1 Å². The first-order valence-corrected chi connectivity index (χ1v) is 7.62. The smallest absolute Gasteiger partial charge is 0.317 e. The fraction of sp³-hybridized carbons (Fsp3) is 0.625. The average Bonchev–Trinajstić information content (AvgIpc) is 2.93. The summed E-state index contributed by atoms with van der Waals surface area (Å²) in [4.78, 5) is 25.7. The first-order chi connectivity index (χ1) is 10.4. The molecule has 3 unspecified atom stereocenters. The number of carbonyl (C=O) groups excluding carboxylic acids is 2. The number of hydrogen-bond donors (Lipinski definition) is 1. The third kappa shape index (κ3) is 3.61. The van der Waals surface area contributed by atoms with Crippen molar-refractivity contribution in [3.63, 3.8) is 0 Å². The number of piperidine rings is 1. The van der Waals surface area contributed by atoms with E-state index in [0.717, 1.165) is 11.5 Å². The number of urea groups is 1. The SMILES string of the molecule is COC(=O)C1CCN(C(=O)NC(C)c2ccc(C)o2)CC1C. The largest absolute Gasteiger partial charge is 0.469 e. The van der Waals surface area contributed by atoms with Crippen molar-refractivity contribution >= 4 is 12.0 Å². The zero-order valence-electron chi connectivity index (χ0n) is 13.6. The number of likely N-dealkylation sites (tertiary alicyclic amines) is 1. The topological polar surface area (TPSA) is 71.8 Å². The Morgan fingerprint density at radius 2 is 2.18 bits per heavy atom. The lowest BCUT2D eigenvalue weighted by atomic mass is 9.87. The lowest BCUT2D eigenvalue weighted by molar-refractivity contribution is -0.148. The van der Waals surface area contributed by atoms with Gasteiger partial charge in [-0.2, -0.15) is 0 Å². The number of aryl methyl sites for hydroxylation is 1. The normalized spacial score (nSPS) is 23.0. The molecule has 6 nitrogen and oxygen atoms in total. The maximum atomic E-state index is 12.3. The molecular formula is C16H24N2O4. The number of amides is 2. The van der Waals surface area contributed by atoms with Crippen molar-refractivity contribution in [3.05, 3.63) is 23.7 Å². The summed E-state index contributed by atoms with van der Waals surface area (Å²) in [6, 6.07) is 3.43. The number of nitrogens with zero attached hydrogens (tertiary/aromatic N) is 1. The molecule has 0 bridgehead atoms. The molecule has 122 valence electrons. The summed E-state index contributed by atoms with van der Waals surface area (Å²) in [6.45, 7) is 6.84. The standard InChI is InChI=1S/C16H24N2O4/c1-10-9-18(8-7-13(10)15(19)21-4)16(20)17-12(3)14-6-5-11(2)22-14/h5-6,10,12-13H,7-9H2,1-4H3,(H,17,20). The van der Waals surface area contributed by atoms with Gasteiger partial charge in [0.25, 0.3) is 0 Å². The molecule has 1 aliphatic heterocycles. The van der Waals surface area contributed by atoms with E-state index in [2.05, 4.69) is 5.32 Å². The third-order valence-electron chi connectivity index (χ3n) is 4.22. The van der Waals surface area contributed by atoms with Crippen LogP contribution in [-0.4, -0.2) is 37.1 Å². The van der Waals surface area contributed by atoms with Crippen LogP contribution in [-0.2, 0) is 9.53 Å². The Bertz CT molecular complexity index is 540. The fourth-order valence-corrected chi connectivity index (χ4v) is 2.87. The number of nitrogens with one attached hydrogen (secondary N) is 1.